The Kier molecular flexibility index (Phi) is 2.83. The molecule has 0 bridgehead atoms. The molecule has 84 valence electrons. The van der Waals surface area contributed by atoms with E-state index in [0.717, 1.165) is 12.2 Å². The number of pyridine rings is 1. The van der Waals surface area contributed by atoms with Gasteiger partial charge in [-0.15, -0.1) is 0 Å². The van der Waals surface area contributed by atoms with Crippen LogP contribution in [0.15, 0.2) is 18.3 Å². The van der Waals surface area contributed by atoms with Gasteiger partial charge in [0.25, 0.3) is 0 Å². The minimum atomic E-state index is -0.872. The molecule has 0 unspecified atom stereocenters. The Morgan fingerprint density at radius 1 is 1.62 bits per heavy atom. The van der Waals surface area contributed by atoms with Crippen molar-refractivity contribution >= 4 is 23.1 Å². The van der Waals surface area contributed by atoms with Gasteiger partial charge in [0, 0.05) is 12.6 Å². The van der Waals surface area contributed by atoms with Crippen molar-refractivity contribution in [2.24, 2.45) is 0 Å². The van der Waals surface area contributed by atoms with E-state index in [9.17, 15) is 4.79 Å². The number of halogens is 1. The fourth-order valence-corrected chi connectivity index (χ4v) is 2.09. The van der Waals surface area contributed by atoms with Gasteiger partial charge in [-0.05, 0) is 11.6 Å². The number of rotatable bonds is 3. The Labute approximate surface area is 97.5 Å². The van der Waals surface area contributed by atoms with Crippen LogP contribution < -0.4 is 0 Å². The number of fused-ring (bicyclic) bond motifs is 1. The topological polar surface area (TPSA) is 54.6 Å². The largest absolute Gasteiger partial charge is 0.481 e. The molecular formula is C11H11ClN2O2. The van der Waals surface area contributed by atoms with E-state index in [1.807, 2.05) is 23.6 Å². The fraction of sp³-hybridized carbons (Fsp3) is 0.273. The Morgan fingerprint density at radius 2 is 2.38 bits per heavy atom. The van der Waals surface area contributed by atoms with Crippen LogP contribution in [0.3, 0.4) is 0 Å². The standard InChI is InChI=1S/C11H11ClN2O2/c1-2-8-13-11(12)10-7(6-9(15)16)4-3-5-14(8)10/h3-5H,2,6H2,1H3,(H,15,16). The molecule has 0 aliphatic heterocycles. The molecule has 2 aromatic heterocycles. The van der Waals surface area contributed by atoms with Gasteiger partial charge < -0.3 is 9.51 Å². The normalized spacial score (nSPS) is 10.9. The van der Waals surface area contributed by atoms with Crippen molar-refractivity contribution in [2.45, 2.75) is 19.8 Å². The molecule has 0 radical (unpaired) electrons. The van der Waals surface area contributed by atoms with Crippen LogP contribution in [0, 0.1) is 0 Å². The van der Waals surface area contributed by atoms with E-state index in [2.05, 4.69) is 4.98 Å². The second-order valence-corrected chi connectivity index (χ2v) is 3.85. The summed E-state index contributed by atoms with van der Waals surface area (Å²) in [5.41, 5.74) is 1.38. The number of hydrogen-bond donors (Lipinski definition) is 1. The summed E-state index contributed by atoms with van der Waals surface area (Å²) in [5, 5.41) is 9.18. The summed E-state index contributed by atoms with van der Waals surface area (Å²) in [7, 11) is 0. The smallest absolute Gasteiger partial charge is 0.307 e. The highest BCUT2D eigenvalue weighted by Crippen LogP contribution is 2.22. The summed E-state index contributed by atoms with van der Waals surface area (Å²) < 4.78 is 1.85. The van der Waals surface area contributed by atoms with Crippen LogP contribution in [-0.2, 0) is 17.6 Å². The minimum Gasteiger partial charge on any atom is -0.481 e. The zero-order valence-corrected chi connectivity index (χ0v) is 9.53. The third-order valence-electron chi connectivity index (χ3n) is 2.44. The first kappa shape index (κ1) is 11.0. The SMILES string of the molecule is CCc1nc(Cl)c2c(CC(=O)O)cccn12. The zero-order chi connectivity index (χ0) is 11.7. The molecule has 0 fully saturated rings. The molecule has 2 aromatic rings. The van der Waals surface area contributed by atoms with Crippen LogP contribution in [-0.4, -0.2) is 20.5 Å². The predicted octanol–water partition coefficient (Wildman–Crippen LogP) is 2.18. The second-order valence-electron chi connectivity index (χ2n) is 3.49. The Morgan fingerprint density at radius 3 is 3.00 bits per heavy atom. The van der Waals surface area contributed by atoms with Gasteiger partial charge in [-0.1, -0.05) is 24.6 Å². The maximum atomic E-state index is 10.7. The first-order valence-corrected chi connectivity index (χ1v) is 5.37. The van der Waals surface area contributed by atoms with Gasteiger partial charge >= 0.3 is 5.97 Å². The van der Waals surface area contributed by atoms with E-state index in [4.69, 9.17) is 16.7 Å². The van der Waals surface area contributed by atoms with Crippen LogP contribution in [0.1, 0.15) is 18.3 Å². The van der Waals surface area contributed by atoms with Crippen molar-refractivity contribution in [1.29, 1.82) is 0 Å². The van der Waals surface area contributed by atoms with Gasteiger partial charge in [-0.2, -0.15) is 0 Å². The summed E-state index contributed by atoms with van der Waals surface area (Å²) >= 11 is 6.02. The third-order valence-corrected chi connectivity index (χ3v) is 2.70. The number of aromatic nitrogens is 2. The molecule has 2 heterocycles. The molecule has 1 N–H and O–H groups in total. The van der Waals surface area contributed by atoms with Crippen LogP contribution in [0.4, 0.5) is 0 Å². The molecule has 0 aliphatic rings. The van der Waals surface area contributed by atoms with E-state index in [-0.39, 0.29) is 6.42 Å². The van der Waals surface area contributed by atoms with Crippen molar-refractivity contribution in [2.75, 3.05) is 0 Å². The van der Waals surface area contributed by atoms with Crippen LogP contribution in [0.25, 0.3) is 5.52 Å². The quantitative estimate of drug-likeness (QED) is 0.892. The summed E-state index contributed by atoms with van der Waals surface area (Å²) in [6.45, 7) is 1.98. The maximum absolute atomic E-state index is 10.7. The van der Waals surface area contributed by atoms with Crippen molar-refractivity contribution in [1.82, 2.24) is 9.38 Å². The summed E-state index contributed by atoms with van der Waals surface area (Å²) in [6, 6.07) is 3.57. The molecule has 0 atom stereocenters. The van der Waals surface area contributed by atoms with Crippen LogP contribution in [0.5, 0.6) is 0 Å². The summed E-state index contributed by atoms with van der Waals surface area (Å²) in [6.07, 6.45) is 2.56. The van der Waals surface area contributed by atoms with Crippen molar-refractivity contribution in [3.63, 3.8) is 0 Å². The molecule has 5 heteroatoms. The number of carboxylic acids is 1. The van der Waals surface area contributed by atoms with Crippen LogP contribution in [0.2, 0.25) is 5.15 Å². The third kappa shape index (κ3) is 1.76. The van der Waals surface area contributed by atoms with Gasteiger partial charge in [0.2, 0.25) is 0 Å². The molecule has 0 spiro atoms. The molecule has 16 heavy (non-hydrogen) atoms. The molecule has 0 saturated heterocycles. The van der Waals surface area contributed by atoms with Gasteiger partial charge in [0.1, 0.15) is 5.82 Å². The highest BCUT2D eigenvalue weighted by molar-refractivity contribution is 6.33. The predicted molar refractivity (Wildman–Crippen MR) is 60.9 cm³/mol. The number of hydrogen-bond acceptors (Lipinski definition) is 2. The summed E-state index contributed by atoms with van der Waals surface area (Å²) in [5.74, 6) is -0.0318. The fourth-order valence-electron chi connectivity index (χ4n) is 1.78. The zero-order valence-electron chi connectivity index (χ0n) is 8.77. The number of nitrogens with zero attached hydrogens (tertiary/aromatic N) is 2. The number of carboxylic acid groups (broad SMARTS) is 1. The van der Waals surface area contributed by atoms with Gasteiger partial charge in [0.15, 0.2) is 5.15 Å². The first-order valence-electron chi connectivity index (χ1n) is 4.99. The van der Waals surface area contributed by atoms with E-state index in [0.29, 0.717) is 16.2 Å². The Hall–Kier alpha value is -1.55. The minimum absolute atomic E-state index is 0.0428. The van der Waals surface area contributed by atoms with Crippen molar-refractivity contribution < 1.29 is 9.90 Å². The number of aryl methyl sites for hydroxylation is 1. The monoisotopic (exact) mass is 238 g/mol. The lowest BCUT2D eigenvalue weighted by Gasteiger charge is -2.02. The Bertz CT molecular complexity index is 548. The lowest BCUT2D eigenvalue weighted by molar-refractivity contribution is -0.136. The van der Waals surface area contributed by atoms with E-state index in [1.54, 1.807) is 6.07 Å². The molecule has 0 aliphatic carbocycles. The average molecular weight is 239 g/mol. The lowest BCUT2D eigenvalue weighted by Crippen LogP contribution is -2.02. The molecule has 2 rings (SSSR count). The first-order chi connectivity index (χ1) is 7.63. The lowest BCUT2D eigenvalue weighted by atomic mass is 10.2. The number of aliphatic carboxylic acids is 1. The molecule has 0 aromatic carbocycles. The molecule has 4 nitrogen and oxygen atoms in total. The highest BCUT2D eigenvalue weighted by atomic mass is 35.5. The molecule has 0 saturated carbocycles. The highest BCUT2D eigenvalue weighted by Gasteiger charge is 2.13. The second kappa shape index (κ2) is 4.14. The van der Waals surface area contributed by atoms with E-state index in [1.165, 1.54) is 0 Å². The number of imidazole rings is 1. The maximum Gasteiger partial charge on any atom is 0.307 e. The van der Waals surface area contributed by atoms with Gasteiger partial charge in [0.05, 0.1) is 11.9 Å². The molecule has 0 amide bonds. The Balaban J connectivity index is 2.67. The average Bonchev–Trinajstić information content (AvgIpc) is 2.56. The van der Waals surface area contributed by atoms with Gasteiger partial charge in [-0.25, -0.2) is 4.98 Å². The summed E-state index contributed by atoms with van der Waals surface area (Å²) in [4.78, 5) is 14.9. The number of carbonyl (C=O) groups is 1. The van der Waals surface area contributed by atoms with Crippen LogP contribution >= 0.6 is 11.6 Å². The van der Waals surface area contributed by atoms with Gasteiger partial charge in [-0.3, -0.25) is 4.79 Å². The van der Waals surface area contributed by atoms with Crippen molar-refractivity contribution in [3.05, 3.63) is 34.9 Å². The van der Waals surface area contributed by atoms with E-state index >= 15 is 0 Å². The molecular weight excluding hydrogens is 228 g/mol. The van der Waals surface area contributed by atoms with E-state index < -0.39 is 5.97 Å². The van der Waals surface area contributed by atoms with Crippen molar-refractivity contribution in [3.8, 4) is 0 Å².